The van der Waals surface area contributed by atoms with Gasteiger partial charge in [-0.25, -0.2) is 9.48 Å². The first-order valence-electron chi connectivity index (χ1n) is 5.44. The number of carbonyl (C=O) groups is 2. The van der Waals surface area contributed by atoms with Crippen LogP contribution in [0.3, 0.4) is 0 Å². The third kappa shape index (κ3) is 2.29. The van der Waals surface area contributed by atoms with Gasteiger partial charge >= 0.3 is 5.97 Å². The molecule has 0 aliphatic heterocycles. The van der Waals surface area contributed by atoms with Crippen LogP contribution in [0.15, 0.2) is 36.5 Å². The zero-order valence-corrected chi connectivity index (χ0v) is 9.83. The fourth-order valence-electron chi connectivity index (χ4n) is 1.75. The summed E-state index contributed by atoms with van der Waals surface area (Å²) in [7, 11) is 0. The van der Waals surface area contributed by atoms with Gasteiger partial charge in [-0.1, -0.05) is 18.2 Å². The van der Waals surface area contributed by atoms with Crippen molar-refractivity contribution in [3.05, 3.63) is 47.8 Å². The van der Waals surface area contributed by atoms with Gasteiger partial charge in [-0.05, 0) is 19.1 Å². The maximum atomic E-state index is 11.2. The van der Waals surface area contributed by atoms with E-state index in [-0.39, 0.29) is 17.8 Å². The zero-order chi connectivity index (χ0) is 13.1. The lowest BCUT2D eigenvalue weighted by Gasteiger charge is -2.06. The SMILES string of the molecule is CC(=O)Cc1c(C(=O)O)cnn1-c1ccccc1. The number of rotatable bonds is 4. The van der Waals surface area contributed by atoms with Gasteiger partial charge in [0.2, 0.25) is 0 Å². The molecule has 1 aromatic carbocycles. The minimum absolute atomic E-state index is 0.0521. The lowest BCUT2D eigenvalue weighted by Crippen LogP contribution is -2.10. The van der Waals surface area contributed by atoms with E-state index in [9.17, 15) is 9.59 Å². The Morgan fingerprint density at radius 2 is 1.94 bits per heavy atom. The van der Waals surface area contributed by atoms with Gasteiger partial charge in [0.15, 0.2) is 0 Å². The van der Waals surface area contributed by atoms with Crippen LogP contribution in [0.4, 0.5) is 0 Å². The lowest BCUT2D eigenvalue weighted by atomic mass is 10.1. The normalized spacial score (nSPS) is 10.3. The number of aromatic carboxylic acids is 1. The molecule has 0 saturated carbocycles. The van der Waals surface area contributed by atoms with Crippen LogP contribution in [0.1, 0.15) is 23.0 Å². The molecule has 0 spiro atoms. The Bertz CT molecular complexity index is 588. The molecule has 1 aromatic heterocycles. The fraction of sp³-hybridized carbons (Fsp3) is 0.154. The highest BCUT2D eigenvalue weighted by molar-refractivity contribution is 5.91. The fourth-order valence-corrected chi connectivity index (χ4v) is 1.75. The van der Waals surface area contributed by atoms with E-state index in [2.05, 4.69) is 5.10 Å². The predicted octanol–water partition coefficient (Wildman–Crippen LogP) is 1.70. The average Bonchev–Trinajstić information content (AvgIpc) is 2.73. The highest BCUT2D eigenvalue weighted by Gasteiger charge is 2.18. The number of carbonyl (C=O) groups excluding carboxylic acids is 1. The molecule has 0 atom stereocenters. The molecule has 1 heterocycles. The predicted molar refractivity (Wildman–Crippen MR) is 64.9 cm³/mol. The van der Waals surface area contributed by atoms with Crippen LogP contribution in [0.5, 0.6) is 0 Å². The molecule has 92 valence electrons. The number of nitrogens with zero attached hydrogens (tertiary/aromatic N) is 2. The van der Waals surface area contributed by atoms with Crippen LogP contribution in [-0.4, -0.2) is 26.6 Å². The first kappa shape index (κ1) is 12.0. The van der Waals surface area contributed by atoms with Gasteiger partial charge in [0, 0.05) is 6.42 Å². The summed E-state index contributed by atoms with van der Waals surface area (Å²) in [5, 5.41) is 13.1. The third-order valence-electron chi connectivity index (χ3n) is 2.52. The van der Waals surface area contributed by atoms with Crippen molar-refractivity contribution < 1.29 is 14.7 Å². The van der Waals surface area contributed by atoms with Crippen LogP contribution in [-0.2, 0) is 11.2 Å². The third-order valence-corrected chi connectivity index (χ3v) is 2.52. The topological polar surface area (TPSA) is 72.2 Å². The Morgan fingerprint density at radius 1 is 1.28 bits per heavy atom. The van der Waals surface area contributed by atoms with Crippen molar-refractivity contribution in [2.24, 2.45) is 0 Å². The second-order valence-electron chi connectivity index (χ2n) is 3.94. The molecule has 0 aliphatic rings. The Labute approximate surface area is 104 Å². The second kappa shape index (κ2) is 4.83. The summed E-state index contributed by atoms with van der Waals surface area (Å²) in [5.41, 5.74) is 1.21. The van der Waals surface area contributed by atoms with E-state index >= 15 is 0 Å². The molecule has 2 aromatic rings. The van der Waals surface area contributed by atoms with Gasteiger partial charge in [-0.2, -0.15) is 5.10 Å². The summed E-state index contributed by atoms with van der Waals surface area (Å²) in [4.78, 5) is 22.3. The lowest BCUT2D eigenvalue weighted by molar-refractivity contribution is -0.116. The van der Waals surface area contributed by atoms with Crippen molar-refractivity contribution >= 4 is 11.8 Å². The molecule has 1 N–H and O–H groups in total. The maximum absolute atomic E-state index is 11.2. The Morgan fingerprint density at radius 3 is 2.50 bits per heavy atom. The molecule has 5 heteroatoms. The van der Waals surface area contributed by atoms with E-state index in [0.29, 0.717) is 5.69 Å². The number of carboxylic acid groups (broad SMARTS) is 1. The van der Waals surface area contributed by atoms with Gasteiger partial charge in [-0.3, -0.25) is 4.79 Å². The van der Waals surface area contributed by atoms with Crippen LogP contribution >= 0.6 is 0 Å². The number of benzene rings is 1. The summed E-state index contributed by atoms with van der Waals surface area (Å²) in [6, 6.07) is 9.13. The van der Waals surface area contributed by atoms with E-state index in [0.717, 1.165) is 5.69 Å². The zero-order valence-electron chi connectivity index (χ0n) is 9.83. The first-order chi connectivity index (χ1) is 8.59. The van der Waals surface area contributed by atoms with Crippen molar-refractivity contribution in [2.45, 2.75) is 13.3 Å². The molecule has 18 heavy (non-hydrogen) atoms. The molecular formula is C13H12N2O3. The van der Waals surface area contributed by atoms with E-state index < -0.39 is 5.97 Å². The molecule has 0 amide bonds. The minimum Gasteiger partial charge on any atom is -0.478 e. The van der Waals surface area contributed by atoms with E-state index in [1.807, 2.05) is 30.3 Å². The van der Waals surface area contributed by atoms with E-state index in [1.165, 1.54) is 17.8 Å². The Balaban J connectivity index is 2.54. The van der Waals surface area contributed by atoms with Gasteiger partial charge in [-0.15, -0.1) is 0 Å². The average molecular weight is 244 g/mol. The number of carboxylic acids is 1. The summed E-state index contributed by atoms with van der Waals surface area (Å²) in [6.07, 6.45) is 1.32. The molecule has 0 unspecified atom stereocenters. The minimum atomic E-state index is -1.08. The molecule has 0 fully saturated rings. The summed E-state index contributed by atoms with van der Waals surface area (Å²) >= 11 is 0. The van der Waals surface area contributed by atoms with Crippen molar-refractivity contribution in [2.75, 3.05) is 0 Å². The Hall–Kier alpha value is -2.43. The molecule has 2 rings (SSSR count). The molecule has 0 saturated heterocycles. The molecule has 5 nitrogen and oxygen atoms in total. The van der Waals surface area contributed by atoms with Crippen LogP contribution < -0.4 is 0 Å². The van der Waals surface area contributed by atoms with Gasteiger partial charge in [0.1, 0.15) is 11.3 Å². The van der Waals surface area contributed by atoms with Crippen LogP contribution in [0, 0.1) is 0 Å². The van der Waals surface area contributed by atoms with Crippen molar-refractivity contribution in [1.82, 2.24) is 9.78 Å². The van der Waals surface area contributed by atoms with Gasteiger partial charge in [0.05, 0.1) is 17.6 Å². The maximum Gasteiger partial charge on any atom is 0.339 e. The molecule has 0 radical (unpaired) electrons. The van der Waals surface area contributed by atoms with Gasteiger partial charge in [0.25, 0.3) is 0 Å². The molecule has 0 aliphatic carbocycles. The van der Waals surface area contributed by atoms with Crippen LogP contribution in [0.2, 0.25) is 0 Å². The molecular weight excluding hydrogens is 232 g/mol. The quantitative estimate of drug-likeness (QED) is 0.888. The summed E-state index contributed by atoms with van der Waals surface area (Å²) in [5.74, 6) is -1.18. The number of ketones is 1. The highest BCUT2D eigenvalue weighted by atomic mass is 16.4. The second-order valence-corrected chi connectivity index (χ2v) is 3.94. The van der Waals surface area contributed by atoms with E-state index in [4.69, 9.17) is 5.11 Å². The standard InChI is InChI=1S/C13H12N2O3/c1-9(16)7-12-11(13(17)18)8-14-15(12)10-5-3-2-4-6-10/h2-6,8H,7H2,1H3,(H,17,18). The largest absolute Gasteiger partial charge is 0.478 e. The summed E-state index contributed by atoms with van der Waals surface area (Å²) < 4.78 is 1.49. The van der Waals surface area contributed by atoms with E-state index in [1.54, 1.807) is 0 Å². The van der Waals surface area contributed by atoms with Crippen LogP contribution in [0.25, 0.3) is 5.69 Å². The van der Waals surface area contributed by atoms with Gasteiger partial charge < -0.3 is 5.11 Å². The molecule has 0 bridgehead atoms. The first-order valence-corrected chi connectivity index (χ1v) is 5.44. The van der Waals surface area contributed by atoms with Crippen molar-refractivity contribution in [3.8, 4) is 5.69 Å². The number of hydrogen-bond donors (Lipinski definition) is 1. The van der Waals surface area contributed by atoms with Crippen molar-refractivity contribution in [3.63, 3.8) is 0 Å². The highest BCUT2D eigenvalue weighted by Crippen LogP contribution is 2.15. The monoisotopic (exact) mass is 244 g/mol. The number of aromatic nitrogens is 2. The smallest absolute Gasteiger partial charge is 0.339 e. The number of para-hydroxylation sites is 1. The number of hydrogen-bond acceptors (Lipinski definition) is 3. The summed E-state index contributed by atoms with van der Waals surface area (Å²) in [6.45, 7) is 1.42. The van der Waals surface area contributed by atoms with Crippen molar-refractivity contribution in [1.29, 1.82) is 0 Å². The number of Topliss-reactive ketones (excluding diaryl/α,β-unsaturated/α-hetero) is 1. The Kier molecular flexibility index (Phi) is 3.23.